The molecule has 1 aliphatic rings. The summed E-state index contributed by atoms with van der Waals surface area (Å²) >= 11 is 0. The summed E-state index contributed by atoms with van der Waals surface area (Å²) in [7, 11) is 0. The van der Waals surface area contributed by atoms with Gasteiger partial charge in [-0.25, -0.2) is 0 Å². The van der Waals surface area contributed by atoms with Gasteiger partial charge >= 0.3 is 6.36 Å². The number of carbonyl (C=O) groups excluding carboxylic acids is 2. The van der Waals surface area contributed by atoms with Crippen LogP contribution in [0.1, 0.15) is 16.2 Å². The molecule has 0 spiro atoms. The summed E-state index contributed by atoms with van der Waals surface area (Å²) in [5.74, 6) is -1.45. The van der Waals surface area contributed by atoms with Crippen molar-refractivity contribution in [2.75, 3.05) is 13.1 Å². The lowest BCUT2D eigenvalue weighted by Gasteiger charge is -2.34. The highest BCUT2D eigenvalue weighted by molar-refractivity contribution is 6.00. The predicted molar refractivity (Wildman–Crippen MR) is 104 cm³/mol. The number of amides is 2. The number of ether oxygens (including phenoxy) is 1. The highest BCUT2D eigenvalue weighted by atomic mass is 19.4. The van der Waals surface area contributed by atoms with Crippen LogP contribution in [0.4, 0.5) is 13.2 Å². The second-order valence-corrected chi connectivity index (χ2v) is 6.93. The summed E-state index contributed by atoms with van der Waals surface area (Å²) in [6.07, 6.45) is -5.06. The average molecular weight is 446 g/mol. The van der Waals surface area contributed by atoms with Crippen molar-refractivity contribution in [1.29, 1.82) is 0 Å². The van der Waals surface area contributed by atoms with Gasteiger partial charge in [0.05, 0.1) is 12.0 Å². The van der Waals surface area contributed by atoms with Gasteiger partial charge in [0.15, 0.2) is 0 Å². The van der Waals surface area contributed by atoms with Gasteiger partial charge in [-0.1, -0.05) is 47.6 Å². The smallest absolute Gasteiger partial charge is 0.405 e. The molecule has 4 rings (SSSR count). The van der Waals surface area contributed by atoms with Crippen LogP contribution in [0.2, 0.25) is 0 Å². The van der Waals surface area contributed by atoms with E-state index in [0.29, 0.717) is 11.4 Å². The van der Waals surface area contributed by atoms with Crippen molar-refractivity contribution in [3.8, 4) is 17.1 Å². The minimum Gasteiger partial charge on any atom is -0.405 e. The number of rotatable bonds is 5. The maximum Gasteiger partial charge on any atom is 0.573 e. The van der Waals surface area contributed by atoms with E-state index in [1.165, 1.54) is 23.1 Å². The van der Waals surface area contributed by atoms with Crippen LogP contribution in [0.3, 0.4) is 0 Å². The SMILES string of the molecule is O=C1NCCN(C(=O)c2ccccc2OC(F)(F)F)C1Cc1nc(-c2ccccc2)no1. The summed E-state index contributed by atoms with van der Waals surface area (Å²) in [5.41, 5.74) is 0.404. The first-order chi connectivity index (χ1) is 15.3. The van der Waals surface area contributed by atoms with E-state index < -0.39 is 30.0 Å². The van der Waals surface area contributed by atoms with Gasteiger partial charge in [-0.3, -0.25) is 9.59 Å². The standard InChI is InChI=1S/C21H17F3N4O4/c22-21(23,24)31-16-9-5-4-8-14(16)20(30)28-11-10-25-19(29)15(28)12-17-26-18(27-32-17)13-6-2-1-3-7-13/h1-9,15H,10-12H2,(H,25,29). The Hall–Kier alpha value is -3.89. The Bertz CT molecular complexity index is 1120. The van der Waals surface area contributed by atoms with E-state index in [2.05, 4.69) is 20.2 Å². The lowest BCUT2D eigenvalue weighted by molar-refractivity contribution is -0.274. The molecule has 1 saturated heterocycles. The molecular formula is C21H17F3N4O4. The van der Waals surface area contributed by atoms with Crippen molar-refractivity contribution in [2.24, 2.45) is 0 Å². The lowest BCUT2D eigenvalue weighted by Crippen LogP contribution is -2.58. The van der Waals surface area contributed by atoms with Crippen molar-refractivity contribution in [1.82, 2.24) is 20.4 Å². The van der Waals surface area contributed by atoms with Crippen LogP contribution in [0.15, 0.2) is 59.1 Å². The molecule has 0 saturated carbocycles. The minimum atomic E-state index is -4.97. The third-order valence-corrected chi connectivity index (χ3v) is 4.80. The van der Waals surface area contributed by atoms with E-state index in [4.69, 9.17) is 4.52 Å². The van der Waals surface area contributed by atoms with Gasteiger partial charge in [0.1, 0.15) is 11.8 Å². The third kappa shape index (κ3) is 4.71. The highest BCUT2D eigenvalue weighted by Gasteiger charge is 2.38. The molecule has 3 aromatic rings. The van der Waals surface area contributed by atoms with Crippen molar-refractivity contribution in [3.63, 3.8) is 0 Å². The van der Waals surface area contributed by atoms with E-state index in [1.54, 1.807) is 24.3 Å². The van der Waals surface area contributed by atoms with Gasteiger partial charge in [0.25, 0.3) is 5.91 Å². The number of alkyl halides is 3. The summed E-state index contributed by atoms with van der Waals surface area (Å²) < 4.78 is 47.5. The number of aromatic nitrogens is 2. The molecule has 0 aliphatic carbocycles. The first kappa shape index (κ1) is 21.3. The topological polar surface area (TPSA) is 97.6 Å². The zero-order chi connectivity index (χ0) is 22.7. The maximum absolute atomic E-state index is 13.1. The lowest BCUT2D eigenvalue weighted by atomic mass is 10.1. The number of nitrogens with one attached hydrogen (secondary N) is 1. The predicted octanol–water partition coefficient (Wildman–Crippen LogP) is 2.82. The molecule has 0 bridgehead atoms. The number of carbonyl (C=O) groups is 2. The van der Waals surface area contributed by atoms with Gasteiger partial charge in [-0.2, -0.15) is 4.98 Å². The first-order valence-corrected chi connectivity index (χ1v) is 9.63. The Labute approximate surface area is 180 Å². The molecule has 8 nitrogen and oxygen atoms in total. The van der Waals surface area contributed by atoms with Crippen LogP contribution < -0.4 is 10.1 Å². The number of para-hydroxylation sites is 1. The second kappa shape index (κ2) is 8.69. The summed E-state index contributed by atoms with van der Waals surface area (Å²) in [4.78, 5) is 31.1. The van der Waals surface area contributed by atoms with Gasteiger partial charge in [-0.05, 0) is 12.1 Å². The summed E-state index contributed by atoms with van der Waals surface area (Å²) in [6.45, 7) is 0.248. The molecule has 11 heteroatoms. The molecule has 1 atom stereocenters. The first-order valence-electron chi connectivity index (χ1n) is 9.63. The molecule has 32 heavy (non-hydrogen) atoms. The number of benzene rings is 2. The zero-order valence-electron chi connectivity index (χ0n) is 16.5. The molecular weight excluding hydrogens is 429 g/mol. The van der Waals surface area contributed by atoms with Crippen molar-refractivity contribution in [3.05, 3.63) is 66.1 Å². The number of halogens is 3. The molecule has 1 fully saturated rings. The molecule has 1 aliphatic heterocycles. The number of piperazine rings is 1. The van der Waals surface area contributed by atoms with Crippen LogP contribution >= 0.6 is 0 Å². The van der Waals surface area contributed by atoms with Crippen LogP contribution in [-0.2, 0) is 11.2 Å². The fourth-order valence-corrected chi connectivity index (χ4v) is 3.38. The molecule has 0 radical (unpaired) electrons. The van der Waals surface area contributed by atoms with Crippen LogP contribution in [-0.4, -0.2) is 52.3 Å². The summed E-state index contributed by atoms with van der Waals surface area (Å²) in [6, 6.07) is 13.0. The Morgan fingerprint density at radius 2 is 1.88 bits per heavy atom. The van der Waals surface area contributed by atoms with E-state index in [-0.39, 0.29) is 31.0 Å². The normalized spacial score (nSPS) is 16.5. The Balaban J connectivity index is 1.58. The van der Waals surface area contributed by atoms with Gasteiger partial charge in [-0.15, -0.1) is 13.2 Å². The molecule has 1 aromatic heterocycles. The largest absolute Gasteiger partial charge is 0.573 e. The van der Waals surface area contributed by atoms with Crippen LogP contribution in [0.5, 0.6) is 5.75 Å². The number of hydrogen-bond donors (Lipinski definition) is 1. The van der Waals surface area contributed by atoms with Crippen LogP contribution in [0, 0.1) is 0 Å². The fourth-order valence-electron chi connectivity index (χ4n) is 3.38. The fraction of sp³-hybridized carbons (Fsp3) is 0.238. The Morgan fingerprint density at radius 3 is 2.62 bits per heavy atom. The molecule has 1 unspecified atom stereocenters. The second-order valence-electron chi connectivity index (χ2n) is 6.93. The van der Waals surface area contributed by atoms with Crippen molar-refractivity contribution >= 4 is 11.8 Å². The Morgan fingerprint density at radius 1 is 1.16 bits per heavy atom. The number of hydrogen-bond acceptors (Lipinski definition) is 6. The highest BCUT2D eigenvalue weighted by Crippen LogP contribution is 2.28. The van der Waals surface area contributed by atoms with Gasteiger partial charge < -0.3 is 19.5 Å². The zero-order valence-corrected chi connectivity index (χ0v) is 16.5. The minimum absolute atomic E-state index is 0.0925. The molecule has 2 heterocycles. The van der Waals surface area contributed by atoms with E-state index in [9.17, 15) is 22.8 Å². The average Bonchev–Trinajstić information content (AvgIpc) is 3.23. The van der Waals surface area contributed by atoms with Gasteiger partial charge in [0, 0.05) is 18.7 Å². The van der Waals surface area contributed by atoms with E-state index >= 15 is 0 Å². The van der Waals surface area contributed by atoms with Gasteiger partial charge in [0.2, 0.25) is 17.6 Å². The Kier molecular flexibility index (Phi) is 5.80. The van der Waals surface area contributed by atoms with E-state index in [1.807, 2.05) is 6.07 Å². The van der Waals surface area contributed by atoms with Crippen LogP contribution in [0.25, 0.3) is 11.4 Å². The molecule has 166 valence electrons. The quantitative estimate of drug-likeness (QED) is 0.648. The number of nitrogens with zero attached hydrogens (tertiary/aromatic N) is 3. The molecule has 2 amide bonds. The van der Waals surface area contributed by atoms with E-state index in [0.717, 1.165) is 6.07 Å². The third-order valence-electron chi connectivity index (χ3n) is 4.80. The maximum atomic E-state index is 13.1. The summed E-state index contributed by atoms with van der Waals surface area (Å²) in [5, 5.41) is 6.54. The molecule has 1 N–H and O–H groups in total. The van der Waals surface area contributed by atoms with Crippen molar-refractivity contribution in [2.45, 2.75) is 18.8 Å². The van der Waals surface area contributed by atoms with Crippen molar-refractivity contribution < 1.29 is 32.0 Å². The monoisotopic (exact) mass is 446 g/mol. The molecule has 2 aromatic carbocycles.